The highest BCUT2D eigenvalue weighted by atomic mass is 19.4. The van der Waals surface area contributed by atoms with Crippen molar-refractivity contribution < 1.29 is 17.9 Å². The molecule has 0 spiro atoms. The number of hydrogen-bond acceptors (Lipinski definition) is 3. The van der Waals surface area contributed by atoms with Gasteiger partial charge in [-0.2, -0.15) is 0 Å². The lowest BCUT2D eigenvalue weighted by Crippen LogP contribution is -2.16. The second-order valence-corrected chi connectivity index (χ2v) is 6.63. The zero-order chi connectivity index (χ0) is 19.6. The van der Waals surface area contributed by atoms with Crippen LogP contribution in [-0.4, -0.2) is 17.1 Å². The average Bonchev–Trinajstić information content (AvgIpc) is 2.68. The zero-order valence-corrected chi connectivity index (χ0v) is 14.9. The third-order valence-corrected chi connectivity index (χ3v) is 4.59. The highest BCUT2D eigenvalue weighted by molar-refractivity contribution is 5.91. The Kier molecular flexibility index (Phi) is 4.86. The Morgan fingerprint density at radius 2 is 1.71 bits per heavy atom. The number of hydrogen-bond donors (Lipinski definition) is 0. The van der Waals surface area contributed by atoms with Gasteiger partial charge in [0.1, 0.15) is 5.75 Å². The SMILES string of the molecule is FC(F)(F)Oc1ccc(-c2ccc3c(c2)CCC(Cc2cccnc2)=N3)cc1. The molecular formula is C22H17F3N2O. The van der Waals surface area contributed by atoms with Gasteiger partial charge in [0.25, 0.3) is 0 Å². The van der Waals surface area contributed by atoms with Crippen LogP contribution in [0.4, 0.5) is 18.9 Å². The topological polar surface area (TPSA) is 34.5 Å². The van der Waals surface area contributed by atoms with E-state index in [-0.39, 0.29) is 5.75 Å². The number of aliphatic imine (C=N–C) groups is 1. The summed E-state index contributed by atoms with van der Waals surface area (Å²) >= 11 is 0. The van der Waals surface area contributed by atoms with E-state index < -0.39 is 6.36 Å². The summed E-state index contributed by atoms with van der Waals surface area (Å²) in [5.41, 5.74) is 6.14. The molecule has 0 bridgehead atoms. The van der Waals surface area contributed by atoms with Gasteiger partial charge in [-0.05, 0) is 65.4 Å². The first kappa shape index (κ1) is 18.2. The van der Waals surface area contributed by atoms with E-state index in [9.17, 15) is 13.2 Å². The maximum Gasteiger partial charge on any atom is 0.573 e. The molecule has 0 saturated heterocycles. The molecule has 0 aliphatic carbocycles. The molecule has 3 aromatic rings. The molecule has 0 unspecified atom stereocenters. The minimum atomic E-state index is -4.68. The molecule has 142 valence electrons. The number of benzene rings is 2. The lowest BCUT2D eigenvalue weighted by molar-refractivity contribution is -0.274. The van der Waals surface area contributed by atoms with E-state index in [0.29, 0.717) is 0 Å². The van der Waals surface area contributed by atoms with Gasteiger partial charge in [0.15, 0.2) is 0 Å². The summed E-state index contributed by atoms with van der Waals surface area (Å²) in [6.45, 7) is 0. The summed E-state index contributed by atoms with van der Waals surface area (Å²) < 4.78 is 40.8. The largest absolute Gasteiger partial charge is 0.573 e. The van der Waals surface area contributed by atoms with Crippen LogP contribution in [0.25, 0.3) is 11.1 Å². The molecule has 0 radical (unpaired) electrons. The molecule has 2 heterocycles. The molecule has 0 fully saturated rings. The first-order chi connectivity index (χ1) is 13.5. The van der Waals surface area contributed by atoms with Crippen molar-refractivity contribution in [2.75, 3.05) is 0 Å². The second-order valence-electron chi connectivity index (χ2n) is 6.63. The minimum Gasteiger partial charge on any atom is -0.406 e. The number of aromatic nitrogens is 1. The maximum atomic E-state index is 12.3. The summed E-state index contributed by atoms with van der Waals surface area (Å²) in [4.78, 5) is 8.91. The fourth-order valence-corrected chi connectivity index (χ4v) is 3.29. The summed E-state index contributed by atoms with van der Waals surface area (Å²) in [5.74, 6) is -0.223. The van der Waals surface area contributed by atoms with Crippen LogP contribution in [0.5, 0.6) is 5.75 Å². The van der Waals surface area contributed by atoms with Crippen molar-refractivity contribution in [1.82, 2.24) is 4.98 Å². The van der Waals surface area contributed by atoms with Gasteiger partial charge in [0.05, 0.1) is 5.69 Å². The molecule has 28 heavy (non-hydrogen) atoms. The summed E-state index contributed by atoms with van der Waals surface area (Å²) in [6.07, 6.45) is 1.48. The summed E-state index contributed by atoms with van der Waals surface area (Å²) in [6, 6.07) is 15.8. The highest BCUT2D eigenvalue weighted by Crippen LogP contribution is 2.32. The quantitative estimate of drug-likeness (QED) is 0.562. The first-order valence-corrected chi connectivity index (χ1v) is 8.91. The van der Waals surface area contributed by atoms with Crippen molar-refractivity contribution in [3.63, 3.8) is 0 Å². The third kappa shape index (κ3) is 4.39. The van der Waals surface area contributed by atoms with Crippen LogP contribution < -0.4 is 4.74 Å². The molecule has 0 atom stereocenters. The predicted molar refractivity (Wildman–Crippen MR) is 102 cm³/mol. The van der Waals surface area contributed by atoms with E-state index in [1.165, 1.54) is 12.1 Å². The fraction of sp³-hybridized carbons (Fsp3) is 0.182. The van der Waals surface area contributed by atoms with Crippen molar-refractivity contribution in [3.05, 3.63) is 78.1 Å². The van der Waals surface area contributed by atoms with Gasteiger partial charge in [-0.3, -0.25) is 9.98 Å². The number of alkyl halides is 3. The van der Waals surface area contributed by atoms with Gasteiger partial charge >= 0.3 is 6.36 Å². The first-order valence-electron chi connectivity index (χ1n) is 8.91. The van der Waals surface area contributed by atoms with E-state index in [4.69, 9.17) is 4.99 Å². The summed E-state index contributed by atoms with van der Waals surface area (Å²) in [7, 11) is 0. The van der Waals surface area contributed by atoms with Gasteiger partial charge in [0, 0.05) is 24.5 Å². The Balaban J connectivity index is 1.52. The molecule has 1 aromatic heterocycles. The number of aryl methyl sites for hydroxylation is 1. The number of rotatable bonds is 4. The predicted octanol–water partition coefficient (Wildman–Crippen LogP) is 5.91. The number of halogens is 3. The van der Waals surface area contributed by atoms with Crippen LogP contribution in [0.2, 0.25) is 0 Å². The van der Waals surface area contributed by atoms with Gasteiger partial charge in [-0.15, -0.1) is 13.2 Å². The Hall–Kier alpha value is -3.15. The average molecular weight is 382 g/mol. The smallest absolute Gasteiger partial charge is 0.406 e. The lowest BCUT2D eigenvalue weighted by Gasteiger charge is -2.17. The molecule has 2 aromatic carbocycles. The van der Waals surface area contributed by atoms with Crippen molar-refractivity contribution in [1.29, 1.82) is 0 Å². The molecule has 0 saturated carbocycles. The normalized spacial score (nSPS) is 13.6. The Bertz CT molecular complexity index is 997. The lowest BCUT2D eigenvalue weighted by atomic mass is 9.94. The van der Waals surface area contributed by atoms with Gasteiger partial charge in [-0.25, -0.2) is 0 Å². The van der Waals surface area contributed by atoms with E-state index >= 15 is 0 Å². The van der Waals surface area contributed by atoms with E-state index in [1.807, 2.05) is 30.5 Å². The number of fused-ring (bicyclic) bond motifs is 1. The molecular weight excluding hydrogens is 365 g/mol. The van der Waals surface area contributed by atoms with Crippen molar-refractivity contribution in [3.8, 4) is 16.9 Å². The standard InChI is InChI=1S/C22H17F3N2O/c23-22(24,25)28-20-8-4-16(5-9-20)17-6-10-21-18(13-17)3-7-19(27-21)12-15-2-1-11-26-14-15/h1-2,4-6,8-11,13-14H,3,7,12H2. The van der Waals surface area contributed by atoms with E-state index in [2.05, 4.69) is 15.8 Å². The third-order valence-electron chi connectivity index (χ3n) is 4.59. The van der Waals surface area contributed by atoms with Crippen LogP contribution in [0.1, 0.15) is 17.5 Å². The molecule has 0 N–H and O–H groups in total. The Labute approximate surface area is 160 Å². The van der Waals surface area contributed by atoms with Crippen LogP contribution in [0.3, 0.4) is 0 Å². The number of ether oxygens (including phenoxy) is 1. The molecule has 1 aliphatic heterocycles. The molecule has 3 nitrogen and oxygen atoms in total. The van der Waals surface area contributed by atoms with Gasteiger partial charge in [-0.1, -0.05) is 24.3 Å². The molecule has 6 heteroatoms. The van der Waals surface area contributed by atoms with Crippen molar-refractivity contribution in [2.45, 2.75) is 25.6 Å². The van der Waals surface area contributed by atoms with E-state index in [0.717, 1.165) is 52.9 Å². The van der Waals surface area contributed by atoms with Gasteiger partial charge in [0.2, 0.25) is 0 Å². The van der Waals surface area contributed by atoms with Crippen LogP contribution in [0, 0.1) is 0 Å². The van der Waals surface area contributed by atoms with Crippen LogP contribution >= 0.6 is 0 Å². The monoisotopic (exact) mass is 382 g/mol. The number of nitrogens with zero attached hydrogens (tertiary/aromatic N) is 2. The number of pyridine rings is 1. The summed E-state index contributed by atoms with van der Waals surface area (Å²) in [5, 5.41) is 0. The molecule has 1 aliphatic rings. The van der Waals surface area contributed by atoms with Crippen LogP contribution in [-0.2, 0) is 12.8 Å². The van der Waals surface area contributed by atoms with Gasteiger partial charge < -0.3 is 4.74 Å². The minimum absolute atomic E-state index is 0.223. The van der Waals surface area contributed by atoms with Crippen molar-refractivity contribution >= 4 is 11.4 Å². The second kappa shape index (κ2) is 7.46. The van der Waals surface area contributed by atoms with E-state index in [1.54, 1.807) is 18.3 Å². The Morgan fingerprint density at radius 3 is 2.43 bits per heavy atom. The molecule has 4 rings (SSSR count). The Morgan fingerprint density at radius 1 is 0.929 bits per heavy atom. The molecule has 0 amide bonds. The highest BCUT2D eigenvalue weighted by Gasteiger charge is 2.31. The fourth-order valence-electron chi connectivity index (χ4n) is 3.29. The van der Waals surface area contributed by atoms with Crippen molar-refractivity contribution in [2.24, 2.45) is 4.99 Å². The maximum absolute atomic E-state index is 12.3. The van der Waals surface area contributed by atoms with Crippen LogP contribution in [0.15, 0.2) is 72.0 Å². The zero-order valence-electron chi connectivity index (χ0n) is 14.9.